The molecule has 0 saturated carbocycles. The Hall–Kier alpha value is -2.90. The molecule has 1 aromatic heterocycles. The van der Waals surface area contributed by atoms with Crippen molar-refractivity contribution in [3.05, 3.63) is 48.0 Å². The standard InChI is InChI=1S/C21H26N4O3/c1-3-27-12-15(13-28-4-2)25-18-8-6-5-7-16(18)17-10-9-14(11-19(17)25)20(26)24-21(22)23/h5-11,15H,3-4,12-13H2,1-2H3,(H4,22,23,24,26). The van der Waals surface area contributed by atoms with Gasteiger partial charge >= 0.3 is 0 Å². The number of amides is 1. The average Bonchev–Trinajstić information content (AvgIpc) is 3.01. The van der Waals surface area contributed by atoms with Crippen molar-refractivity contribution in [1.29, 1.82) is 0 Å². The fourth-order valence-electron chi connectivity index (χ4n) is 3.41. The number of carbonyl (C=O) groups is 1. The summed E-state index contributed by atoms with van der Waals surface area (Å²) >= 11 is 0. The van der Waals surface area contributed by atoms with Crippen LogP contribution in [0.3, 0.4) is 0 Å². The Balaban J connectivity index is 2.21. The van der Waals surface area contributed by atoms with E-state index in [-0.39, 0.29) is 12.0 Å². The molecule has 3 rings (SSSR count). The minimum atomic E-state index is -0.468. The molecule has 1 amide bonds. The van der Waals surface area contributed by atoms with Gasteiger partial charge in [0.15, 0.2) is 5.96 Å². The van der Waals surface area contributed by atoms with Gasteiger partial charge in [0.1, 0.15) is 0 Å². The van der Waals surface area contributed by atoms with Crippen molar-refractivity contribution < 1.29 is 14.3 Å². The predicted octanol–water partition coefficient (Wildman–Crippen LogP) is 2.82. The molecular weight excluding hydrogens is 356 g/mol. The monoisotopic (exact) mass is 382 g/mol. The Morgan fingerprint density at radius 1 is 1.00 bits per heavy atom. The van der Waals surface area contributed by atoms with Gasteiger partial charge < -0.3 is 25.5 Å². The summed E-state index contributed by atoms with van der Waals surface area (Å²) in [5, 5.41) is 2.16. The molecule has 7 nitrogen and oxygen atoms in total. The van der Waals surface area contributed by atoms with Crippen molar-refractivity contribution >= 4 is 33.7 Å². The molecule has 0 radical (unpaired) electrons. The van der Waals surface area contributed by atoms with E-state index in [2.05, 4.69) is 21.7 Å². The highest BCUT2D eigenvalue weighted by Crippen LogP contribution is 2.33. The fraction of sp³-hybridized carbons (Fsp3) is 0.333. The van der Waals surface area contributed by atoms with Crippen LogP contribution < -0.4 is 11.5 Å². The quantitative estimate of drug-likeness (QED) is 0.460. The fourth-order valence-corrected chi connectivity index (χ4v) is 3.41. The van der Waals surface area contributed by atoms with E-state index in [1.54, 1.807) is 6.07 Å². The molecule has 0 aliphatic rings. The number of rotatable bonds is 8. The summed E-state index contributed by atoms with van der Waals surface area (Å²) in [6, 6.07) is 13.6. The van der Waals surface area contributed by atoms with E-state index in [1.807, 2.05) is 38.1 Å². The number of ether oxygens (including phenoxy) is 2. The Labute approximate surface area is 163 Å². The molecule has 28 heavy (non-hydrogen) atoms. The Morgan fingerprint density at radius 2 is 1.64 bits per heavy atom. The van der Waals surface area contributed by atoms with E-state index in [0.29, 0.717) is 32.0 Å². The van der Waals surface area contributed by atoms with Gasteiger partial charge in [0.05, 0.1) is 24.8 Å². The third-order valence-electron chi connectivity index (χ3n) is 4.58. The van der Waals surface area contributed by atoms with Crippen LogP contribution >= 0.6 is 0 Å². The number of para-hydroxylation sites is 1. The lowest BCUT2D eigenvalue weighted by atomic mass is 10.1. The van der Waals surface area contributed by atoms with E-state index < -0.39 is 5.91 Å². The largest absolute Gasteiger partial charge is 0.379 e. The highest BCUT2D eigenvalue weighted by molar-refractivity contribution is 6.11. The number of benzene rings is 2. The summed E-state index contributed by atoms with van der Waals surface area (Å²) in [6.07, 6.45) is 0. The van der Waals surface area contributed by atoms with E-state index in [0.717, 1.165) is 21.8 Å². The molecule has 4 N–H and O–H groups in total. The molecule has 0 atom stereocenters. The minimum Gasteiger partial charge on any atom is -0.379 e. The van der Waals surface area contributed by atoms with Crippen molar-refractivity contribution in [2.75, 3.05) is 26.4 Å². The van der Waals surface area contributed by atoms with Crippen LogP contribution in [0.4, 0.5) is 0 Å². The van der Waals surface area contributed by atoms with Crippen molar-refractivity contribution in [3.63, 3.8) is 0 Å². The van der Waals surface area contributed by atoms with Gasteiger partial charge in [-0.3, -0.25) is 4.79 Å². The van der Waals surface area contributed by atoms with Gasteiger partial charge in [-0.1, -0.05) is 24.3 Å². The van der Waals surface area contributed by atoms with E-state index in [1.165, 1.54) is 0 Å². The predicted molar refractivity (Wildman–Crippen MR) is 112 cm³/mol. The number of fused-ring (bicyclic) bond motifs is 3. The maximum Gasteiger partial charge on any atom is 0.280 e. The number of hydrogen-bond acceptors (Lipinski definition) is 3. The molecule has 0 aliphatic heterocycles. The highest BCUT2D eigenvalue weighted by Gasteiger charge is 2.20. The first-order valence-corrected chi connectivity index (χ1v) is 9.38. The molecule has 2 aromatic carbocycles. The van der Waals surface area contributed by atoms with E-state index in [9.17, 15) is 4.79 Å². The van der Waals surface area contributed by atoms with Crippen molar-refractivity contribution in [3.8, 4) is 0 Å². The maximum absolute atomic E-state index is 12.3. The van der Waals surface area contributed by atoms with Crippen molar-refractivity contribution in [1.82, 2.24) is 4.57 Å². The van der Waals surface area contributed by atoms with Gasteiger partial charge in [0.25, 0.3) is 5.91 Å². The summed E-state index contributed by atoms with van der Waals surface area (Å²) in [5.41, 5.74) is 13.1. The number of nitrogens with two attached hydrogens (primary N) is 2. The first kappa shape index (κ1) is 19.9. The first-order valence-electron chi connectivity index (χ1n) is 9.38. The third-order valence-corrected chi connectivity index (χ3v) is 4.58. The van der Waals surface area contributed by atoms with E-state index >= 15 is 0 Å². The van der Waals surface area contributed by atoms with Gasteiger partial charge in [0, 0.05) is 35.1 Å². The molecular formula is C21H26N4O3. The Kier molecular flexibility index (Phi) is 6.28. The van der Waals surface area contributed by atoms with Crippen LogP contribution in [0.25, 0.3) is 21.8 Å². The summed E-state index contributed by atoms with van der Waals surface area (Å²) in [5.74, 6) is -0.721. The van der Waals surface area contributed by atoms with Gasteiger partial charge in [-0.25, -0.2) is 0 Å². The zero-order valence-corrected chi connectivity index (χ0v) is 16.2. The lowest BCUT2D eigenvalue weighted by molar-refractivity contribution is 0.0557. The number of carbonyl (C=O) groups excluding carboxylic acids is 1. The molecule has 0 bridgehead atoms. The Morgan fingerprint density at radius 3 is 2.29 bits per heavy atom. The van der Waals surface area contributed by atoms with E-state index in [4.69, 9.17) is 20.9 Å². The van der Waals surface area contributed by atoms with Crippen molar-refractivity contribution in [2.45, 2.75) is 19.9 Å². The average molecular weight is 382 g/mol. The van der Waals surface area contributed by atoms with Crippen molar-refractivity contribution in [2.24, 2.45) is 16.5 Å². The number of hydrogen-bond donors (Lipinski definition) is 2. The first-order chi connectivity index (χ1) is 13.6. The lowest BCUT2D eigenvalue weighted by Crippen LogP contribution is -2.24. The molecule has 0 aliphatic carbocycles. The number of nitrogens with zero attached hydrogens (tertiary/aromatic N) is 2. The second kappa shape index (κ2) is 8.86. The molecule has 0 saturated heterocycles. The zero-order chi connectivity index (χ0) is 20.1. The summed E-state index contributed by atoms with van der Waals surface area (Å²) in [7, 11) is 0. The van der Waals surface area contributed by atoms with Crippen LogP contribution in [0, 0.1) is 0 Å². The molecule has 0 unspecified atom stereocenters. The van der Waals surface area contributed by atoms with Gasteiger partial charge in [-0.2, -0.15) is 4.99 Å². The highest BCUT2D eigenvalue weighted by atomic mass is 16.5. The van der Waals surface area contributed by atoms with Crippen LogP contribution in [0.2, 0.25) is 0 Å². The number of guanidine groups is 1. The second-order valence-corrected chi connectivity index (χ2v) is 6.43. The molecule has 7 heteroatoms. The summed E-state index contributed by atoms with van der Waals surface area (Å²) < 4.78 is 13.6. The molecule has 1 heterocycles. The molecule has 3 aromatic rings. The lowest BCUT2D eigenvalue weighted by Gasteiger charge is -2.21. The van der Waals surface area contributed by atoms with Crippen LogP contribution in [0.15, 0.2) is 47.5 Å². The minimum absolute atomic E-state index is 0.0317. The van der Waals surface area contributed by atoms with Gasteiger partial charge in [0.2, 0.25) is 0 Å². The van der Waals surface area contributed by atoms with Gasteiger partial charge in [-0.15, -0.1) is 0 Å². The summed E-state index contributed by atoms with van der Waals surface area (Å²) in [4.78, 5) is 16.0. The number of aliphatic imine (C=N–C) groups is 1. The normalized spacial score (nSPS) is 11.4. The van der Waals surface area contributed by atoms with Crippen LogP contribution in [-0.2, 0) is 9.47 Å². The third kappa shape index (κ3) is 4.00. The zero-order valence-electron chi connectivity index (χ0n) is 16.2. The Bertz CT molecular complexity index is 997. The van der Waals surface area contributed by atoms with Gasteiger partial charge in [-0.05, 0) is 32.0 Å². The van der Waals surface area contributed by atoms with Crippen LogP contribution in [-0.4, -0.2) is 42.9 Å². The van der Waals surface area contributed by atoms with Crippen LogP contribution in [0.1, 0.15) is 30.2 Å². The molecule has 0 spiro atoms. The molecule has 0 fully saturated rings. The number of aromatic nitrogens is 1. The molecule has 148 valence electrons. The second-order valence-electron chi connectivity index (χ2n) is 6.43. The topological polar surface area (TPSA) is 105 Å². The SMILES string of the molecule is CCOCC(COCC)n1c2ccccc2c2ccc(C(=O)N=C(N)N)cc21. The van der Waals surface area contributed by atoms with Crippen LogP contribution in [0.5, 0.6) is 0 Å². The smallest absolute Gasteiger partial charge is 0.280 e. The maximum atomic E-state index is 12.3. The summed E-state index contributed by atoms with van der Waals surface area (Å²) in [6.45, 7) is 6.19.